The Balaban J connectivity index is 2.28. The first-order valence-corrected chi connectivity index (χ1v) is 9.12. The summed E-state index contributed by atoms with van der Waals surface area (Å²) < 4.78 is 23.9. The third-order valence-electron chi connectivity index (χ3n) is 3.01. The van der Waals surface area contributed by atoms with Crippen molar-refractivity contribution < 1.29 is 8.42 Å². The van der Waals surface area contributed by atoms with Crippen molar-refractivity contribution in [3.63, 3.8) is 0 Å². The lowest BCUT2D eigenvalue weighted by Crippen LogP contribution is -2.13. The second kappa shape index (κ2) is 6.51. The smallest absolute Gasteiger partial charge is 0.238 e. The molecule has 0 aliphatic rings. The fourth-order valence-electron chi connectivity index (χ4n) is 1.86. The van der Waals surface area contributed by atoms with Crippen LogP contribution in [0.5, 0.6) is 0 Å². The summed E-state index contributed by atoms with van der Waals surface area (Å²) >= 11 is 8.34. The number of hydrogen-bond acceptors (Lipinski definition) is 3. The molecule has 2 aromatic carbocycles. The van der Waals surface area contributed by atoms with Crippen LogP contribution in [0.25, 0.3) is 0 Å². The fourth-order valence-corrected chi connectivity index (χ4v) is 2.93. The van der Waals surface area contributed by atoms with Gasteiger partial charge >= 0.3 is 0 Å². The summed E-state index contributed by atoms with van der Waals surface area (Å²) in [4.78, 5) is 0.0317. The molecule has 0 aliphatic heterocycles. The van der Waals surface area contributed by atoms with Gasteiger partial charge in [0.1, 0.15) is 0 Å². The molecular weight excluding hydrogens is 423 g/mol. The maximum Gasteiger partial charge on any atom is 0.238 e. The summed E-state index contributed by atoms with van der Waals surface area (Å²) in [6.07, 6.45) is 0. The Bertz CT molecular complexity index is 748. The van der Waals surface area contributed by atoms with Crippen molar-refractivity contribution in [3.8, 4) is 0 Å². The Morgan fingerprint density at radius 3 is 2.38 bits per heavy atom. The number of sulfonamides is 1. The lowest BCUT2D eigenvalue weighted by molar-refractivity contribution is 0.598. The molecule has 0 spiro atoms. The first kappa shape index (κ1) is 16.5. The Labute approximate surface area is 142 Å². The van der Waals surface area contributed by atoms with Crippen molar-refractivity contribution in [3.05, 3.63) is 56.6 Å². The highest BCUT2D eigenvalue weighted by atomic mass is 127. The summed E-state index contributed by atoms with van der Waals surface area (Å²) in [5.41, 5.74) is 1.61. The molecule has 1 atom stereocenters. The predicted molar refractivity (Wildman–Crippen MR) is 94.0 cm³/mol. The van der Waals surface area contributed by atoms with Gasteiger partial charge in [0.05, 0.1) is 15.6 Å². The highest BCUT2D eigenvalue weighted by molar-refractivity contribution is 14.1. The van der Waals surface area contributed by atoms with E-state index in [4.69, 9.17) is 16.7 Å². The van der Waals surface area contributed by atoms with Gasteiger partial charge in [0.25, 0.3) is 0 Å². The number of primary sulfonamides is 1. The molecule has 0 aliphatic carbocycles. The van der Waals surface area contributed by atoms with Crippen LogP contribution in [0.4, 0.5) is 5.69 Å². The molecule has 1 unspecified atom stereocenters. The average molecular weight is 437 g/mol. The van der Waals surface area contributed by atoms with Gasteiger partial charge in [-0.05, 0) is 65.4 Å². The number of benzene rings is 2. The molecule has 112 valence electrons. The minimum Gasteiger partial charge on any atom is -0.377 e. The predicted octanol–water partition coefficient (Wildman–Crippen LogP) is 3.77. The average Bonchev–Trinajstić information content (AvgIpc) is 2.40. The van der Waals surface area contributed by atoms with Gasteiger partial charge in [-0.15, -0.1) is 0 Å². The number of nitrogens with two attached hydrogens (primary N) is 1. The molecule has 0 aromatic heterocycles. The third kappa shape index (κ3) is 4.32. The Morgan fingerprint density at radius 1 is 1.19 bits per heavy atom. The van der Waals surface area contributed by atoms with Crippen molar-refractivity contribution in [2.75, 3.05) is 5.32 Å². The maximum atomic E-state index is 11.4. The number of halogens is 2. The molecule has 21 heavy (non-hydrogen) atoms. The van der Waals surface area contributed by atoms with Crippen LogP contribution in [0.1, 0.15) is 18.5 Å². The summed E-state index contributed by atoms with van der Waals surface area (Å²) in [5.74, 6) is 0. The van der Waals surface area contributed by atoms with Gasteiger partial charge < -0.3 is 5.32 Å². The second-order valence-corrected chi connectivity index (χ2v) is 7.82. The molecular formula is C14H14ClIN2O2S. The SMILES string of the molecule is CC(Nc1cc(S(N)(=O)=O)ccc1Cl)c1ccc(I)cc1. The second-order valence-electron chi connectivity index (χ2n) is 4.60. The first-order valence-electron chi connectivity index (χ1n) is 6.12. The van der Waals surface area contributed by atoms with E-state index in [0.717, 1.165) is 9.13 Å². The molecule has 0 amide bonds. The van der Waals surface area contributed by atoms with E-state index in [1.165, 1.54) is 18.2 Å². The molecule has 0 fully saturated rings. The van der Waals surface area contributed by atoms with Crippen molar-refractivity contribution in [1.29, 1.82) is 0 Å². The molecule has 0 heterocycles. The van der Waals surface area contributed by atoms with E-state index in [0.29, 0.717) is 10.7 Å². The summed E-state index contributed by atoms with van der Waals surface area (Å²) in [7, 11) is -3.75. The highest BCUT2D eigenvalue weighted by Gasteiger charge is 2.13. The number of nitrogens with one attached hydrogen (secondary N) is 1. The normalized spacial score (nSPS) is 13.0. The minimum atomic E-state index is -3.75. The molecule has 0 radical (unpaired) electrons. The van der Waals surface area contributed by atoms with E-state index in [9.17, 15) is 8.42 Å². The molecule has 3 N–H and O–H groups in total. The van der Waals surface area contributed by atoms with Gasteiger partial charge in [0.2, 0.25) is 10.0 Å². The van der Waals surface area contributed by atoms with Gasteiger partial charge in [-0.25, -0.2) is 13.6 Å². The molecule has 4 nitrogen and oxygen atoms in total. The van der Waals surface area contributed by atoms with E-state index in [1.807, 2.05) is 31.2 Å². The lowest BCUT2D eigenvalue weighted by atomic mass is 10.1. The molecule has 2 rings (SSSR count). The van der Waals surface area contributed by atoms with Crippen molar-refractivity contribution >= 4 is 49.9 Å². The topological polar surface area (TPSA) is 72.2 Å². The zero-order valence-corrected chi connectivity index (χ0v) is 14.9. The van der Waals surface area contributed by atoms with Crippen LogP contribution in [-0.2, 0) is 10.0 Å². The summed E-state index contributed by atoms with van der Waals surface area (Å²) in [5, 5.41) is 8.78. The Hall–Kier alpha value is -0.830. The largest absolute Gasteiger partial charge is 0.377 e. The van der Waals surface area contributed by atoms with E-state index < -0.39 is 10.0 Å². The van der Waals surface area contributed by atoms with Crippen LogP contribution in [0.3, 0.4) is 0 Å². The van der Waals surface area contributed by atoms with Crippen molar-refractivity contribution in [1.82, 2.24) is 0 Å². The molecule has 2 aromatic rings. The first-order chi connectivity index (χ1) is 9.77. The molecule has 0 saturated heterocycles. The Kier molecular flexibility index (Phi) is 5.13. The van der Waals surface area contributed by atoms with Crippen LogP contribution in [0.2, 0.25) is 5.02 Å². The fraction of sp³-hybridized carbons (Fsp3) is 0.143. The van der Waals surface area contributed by atoms with Crippen LogP contribution >= 0.6 is 34.2 Å². The van der Waals surface area contributed by atoms with Crippen LogP contribution < -0.4 is 10.5 Å². The van der Waals surface area contributed by atoms with Gasteiger partial charge in [-0.3, -0.25) is 0 Å². The zero-order chi connectivity index (χ0) is 15.6. The van der Waals surface area contributed by atoms with E-state index >= 15 is 0 Å². The monoisotopic (exact) mass is 436 g/mol. The highest BCUT2D eigenvalue weighted by Crippen LogP contribution is 2.28. The van der Waals surface area contributed by atoms with Gasteiger partial charge in [0.15, 0.2) is 0 Å². The van der Waals surface area contributed by atoms with Gasteiger partial charge in [-0.2, -0.15) is 0 Å². The summed E-state index contributed by atoms with van der Waals surface area (Å²) in [6, 6.07) is 12.4. The standard InChI is InChI=1S/C14H14ClIN2O2S/c1-9(10-2-4-11(16)5-3-10)18-14-8-12(21(17,19)20)6-7-13(14)15/h2-9,18H,1H3,(H2,17,19,20). The van der Waals surface area contributed by atoms with E-state index in [2.05, 4.69) is 27.9 Å². The van der Waals surface area contributed by atoms with Crippen LogP contribution in [-0.4, -0.2) is 8.42 Å². The quantitative estimate of drug-likeness (QED) is 0.717. The van der Waals surface area contributed by atoms with Crippen LogP contribution in [0, 0.1) is 3.57 Å². The van der Waals surface area contributed by atoms with E-state index in [1.54, 1.807) is 0 Å². The maximum absolute atomic E-state index is 11.4. The van der Waals surface area contributed by atoms with Gasteiger partial charge in [-0.1, -0.05) is 23.7 Å². The minimum absolute atomic E-state index is 0.0183. The lowest BCUT2D eigenvalue weighted by Gasteiger charge is -2.17. The van der Waals surface area contributed by atoms with Crippen molar-refractivity contribution in [2.45, 2.75) is 17.9 Å². The number of rotatable bonds is 4. The molecule has 0 bridgehead atoms. The summed E-state index contributed by atoms with van der Waals surface area (Å²) in [6.45, 7) is 1.97. The third-order valence-corrected chi connectivity index (χ3v) is 4.97. The van der Waals surface area contributed by atoms with E-state index in [-0.39, 0.29) is 10.9 Å². The Morgan fingerprint density at radius 2 is 1.81 bits per heavy atom. The van der Waals surface area contributed by atoms with Crippen molar-refractivity contribution in [2.24, 2.45) is 5.14 Å². The zero-order valence-electron chi connectivity index (χ0n) is 11.2. The molecule has 7 heteroatoms. The van der Waals surface area contributed by atoms with Gasteiger partial charge in [0, 0.05) is 9.61 Å². The number of anilines is 1. The number of hydrogen-bond donors (Lipinski definition) is 2. The van der Waals surface area contributed by atoms with Crippen LogP contribution in [0.15, 0.2) is 47.4 Å². The molecule has 0 saturated carbocycles.